The van der Waals surface area contributed by atoms with Gasteiger partial charge in [0.15, 0.2) is 0 Å². The first-order valence-electron chi connectivity index (χ1n) is 8.41. The number of rotatable bonds is 6. The third-order valence-corrected chi connectivity index (χ3v) is 4.38. The van der Waals surface area contributed by atoms with Crippen LogP contribution in [0.15, 0.2) is 47.1 Å². The molecule has 1 heterocycles. The van der Waals surface area contributed by atoms with Gasteiger partial charge in [-0.1, -0.05) is 12.8 Å². The van der Waals surface area contributed by atoms with Crippen molar-refractivity contribution in [3.05, 3.63) is 54.0 Å². The first-order valence-corrected chi connectivity index (χ1v) is 8.41. The Hall–Kier alpha value is -2.56. The highest BCUT2D eigenvalue weighted by atomic mass is 16.3. The number of hydrogen-bond acceptors (Lipinski definition) is 3. The molecule has 2 N–H and O–H groups in total. The maximum Gasteiger partial charge on any atom is 0.251 e. The van der Waals surface area contributed by atoms with Crippen LogP contribution in [0.5, 0.6) is 0 Å². The molecule has 1 aromatic heterocycles. The number of carbonyl (C=O) groups is 2. The van der Waals surface area contributed by atoms with Gasteiger partial charge >= 0.3 is 0 Å². The van der Waals surface area contributed by atoms with Gasteiger partial charge in [0.2, 0.25) is 5.91 Å². The minimum Gasteiger partial charge on any atom is -0.467 e. The lowest BCUT2D eigenvalue weighted by atomic mass is 10.0. The lowest BCUT2D eigenvalue weighted by Crippen LogP contribution is -2.22. The third kappa shape index (κ3) is 4.47. The van der Waals surface area contributed by atoms with Crippen molar-refractivity contribution in [2.45, 2.75) is 38.6 Å². The Morgan fingerprint density at radius 2 is 1.83 bits per heavy atom. The van der Waals surface area contributed by atoms with Crippen molar-refractivity contribution in [2.75, 3.05) is 5.32 Å². The maximum atomic E-state index is 12.1. The number of carbonyl (C=O) groups excluding carboxylic acids is 2. The van der Waals surface area contributed by atoms with Crippen LogP contribution in [0, 0.1) is 5.92 Å². The molecular weight excluding hydrogens is 304 g/mol. The standard InChI is InChI=1S/C19H22N2O3/c22-18(12-14-4-1-2-5-14)21-16-9-7-15(8-10-16)19(23)20-13-17-6-3-11-24-17/h3,6-11,14H,1-2,4-5,12-13H2,(H,20,23)(H,21,22). The Bertz CT molecular complexity index is 671. The highest BCUT2D eigenvalue weighted by molar-refractivity contribution is 5.95. The molecule has 1 fully saturated rings. The number of nitrogens with one attached hydrogen (secondary N) is 2. The molecule has 0 aliphatic heterocycles. The minimum atomic E-state index is -0.171. The summed E-state index contributed by atoms with van der Waals surface area (Å²) in [6.45, 7) is 0.353. The molecule has 3 rings (SSSR count). The van der Waals surface area contributed by atoms with E-state index in [1.165, 1.54) is 12.8 Å². The van der Waals surface area contributed by atoms with Gasteiger partial charge in [-0.15, -0.1) is 0 Å². The fourth-order valence-electron chi connectivity index (χ4n) is 3.08. The summed E-state index contributed by atoms with van der Waals surface area (Å²) in [5.41, 5.74) is 1.27. The van der Waals surface area contributed by atoms with E-state index in [-0.39, 0.29) is 11.8 Å². The van der Waals surface area contributed by atoms with Crippen LogP contribution >= 0.6 is 0 Å². The van der Waals surface area contributed by atoms with Crippen molar-refractivity contribution in [1.29, 1.82) is 0 Å². The van der Waals surface area contributed by atoms with Gasteiger partial charge in [-0.3, -0.25) is 9.59 Å². The summed E-state index contributed by atoms with van der Waals surface area (Å²) in [7, 11) is 0. The Labute approximate surface area is 141 Å². The molecule has 2 aromatic rings. The zero-order valence-corrected chi connectivity index (χ0v) is 13.6. The maximum absolute atomic E-state index is 12.1. The summed E-state index contributed by atoms with van der Waals surface area (Å²) < 4.78 is 5.17. The van der Waals surface area contributed by atoms with Crippen molar-refractivity contribution < 1.29 is 14.0 Å². The normalized spacial score (nSPS) is 14.5. The molecular formula is C19H22N2O3. The van der Waals surface area contributed by atoms with E-state index in [4.69, 9.17) is 4.42 Å². The Morgan fingerprint density at radius 3 is 2.50 bits per heavy atom. The quantitative estimate of drug-likeness (QED) is 0.849. The fraction of sp³-hybridized carbons (Fsp3) is 0.368. The van der Waals surface area contributed by atoms with Crippen LogP contribution in [-0.2, 0) is 11.3 Å². The van der Waals surface area contributed by atoms with Crippen LogP contribution in [0.1, 0.15) is 48.2 Å². The second-order valence-corrected chi connectivity index (χ2v) is 6.24. The number of anilines is 1. The van der Waals surface area contributed by atoms with E-state index >= 15 is 0 Å². The van der Waals surface area contributed by atoms with Gasteiger partial charge in [0, 0.05) is 17.7 Å². The summed E-state index contributed by atoms with van der Waals surface area (Å²) >= 11 is 0. The predicted molar refractivity (Wildman–Crippen MR) is 91.5 cm³/mol. The molecule has 0 spiro atoms. The molecule has 1 saturated carbocycles. The molecule has 126 valence electrons. The predicted octanol–water partition coefficient (Wildman–Crippen LogP) is 3.73. The fourth-order valence-corrected chi connectivity index (χ4v) is 3.08. The SMILES string of the molecule is O=C(CC1CCCC1)Nc1ccc(C(=O)NCc2ccco2)cc1. The Balaban J connectivity index is 1.48. The molecule has 1 aliphatic rings. The summed E-state index contributed by atoms with van der Waals surface area (Å²) in [6, 6.07) is 10.5. The first-order chi connectivity index (χ1) is 11.7. The zero-order valence-electron chi connectivity index (χ0n) is 13.6. The van der Waals surface area contributed by atoms with Crippen LogP contribution in [0.2, 0.25) is 0 Å². The van der Waals surface area contributed by atoms with E-state index in [1.807, 2.05) is 6.07 Å². The Kier molecular flexibility index (Phi) is 5.31. The van der Waals surface area contributed by atoms with Crippen LogP contribution in [0.3, 0.4) is 0 Å². The molecule has 0 bridgehead atoms. The van der Waals surface area contributed by atoms with Gasteiger partial charge in [-0.05, 0) is 55.2 Å². The molecule has 1 aliphatic carbocycles. The van der Waals surface area contributed by atoms with Crippen molar-refractivity contribution >= 4 is 17.5 Å². The van der Waals surface area contributed by atoms with E-state index in [0.29, 0.717) is 30.2 Å². The molecule has 0 saturated heterocycles. The van der Waals surface area contributed by atoms with E-state index < -0.39 is 0 Å². The summed E-state index contributed by atoms with van der Waals surface area (Å²) in [6.07, 6.45) is 6.94. The van der Waals surface area contributed by atoms with E-state index in [2.05, 4.69) is 10.6 Å². The van der Waals surface area contributed by atoms with Crippen LogP contribution in [-0.4, -0.2) is 11.8 Å². The molecule has 5 nitrogen and oxygen atoms in total. The smallest absolute Gasteiger partial charge is 0.251 e. The zero-order chi connectivity index (χ0) is 16.8. The van der Waals surface area contributed by atoms with Crippen LogP contribution in [0.25, 0.3) is 0 Å². The number of furan rings is 1. The van der Waals surface area contributed by atoms with Gasteiger partial charge in [-0.2, -0.15) is 0 Å². The second kappa shape index (κ2) is 7.81. The molecule has 2 amide bonds. The molecule has 5 heteroatoms. The second-order valence-electron chi connectivity index (χ2n) is 6.24. The Morgan fingerprint density at radius 1 is 1.08 bits per heavy atom. The third-order valence-electron chi connectivity index (χ3n) is 4.38. The molecule has 0 radical (unpaired) electrons. The first kappa shape index (κ1) is 16.3. The largest absolute Gasteiger partial charge is 0.467 e. The molecule has 0 atom stereocenters. The summed E-state index contributed by atoms with van der Waals surface area (Å²) in [5, 5.41) is 5.69. The van der Waals surface area contributed by atoms with Gasteiger partial charge in [0.25, 0.3) is 5.91 Å². The van der Waals surface area contributed by atoms with Crippen molar-refractivity contribution in [1.82, 2.24) is 5.32 Å². The summed E-state index contributed by atoms with van der Waals surface area (Å²) in [4.78, 5) is 24.1. The van der Waals surface area contributed by atoms with E-state index in [9.17, 15) is 9.59 Å². The average molecular weight is 326 g/mol. The average Bonchev–Trinajstić information content (AvgIpc) is 3.27. The molecule has 1 aromatic carbocycles. The minimum absolute atomic E-state index is 0.0527. The molecule has 0 unspecified atom stereocenters. The van der Waals surface area contributed by atoms with Crippen molar-refractivity contribution in [2.24, 2.45) is 5.92 Å². The topological polar surface area (TPSA) is 71.3 Å². The van der Waals surface area contributed by atoms with Crippen molar-refractivity contribution in [3.63, 3.8) is 0 Å². The molecule has 24 heavy (non-hydrogen) atoms. The summed E-state index contributed by atoms with van der Waals surface area (Å²) in [5.74, 6) is 1.11. The van der Waals surface area contributed by atoms with Gasteiger partial charge in [0.05, 0.1) is 12.8 Å². The van der Waals surface area contributed by atoms with Gasteiger partial charge in [0.1, 0.15) is 5.76 Å². The van der Waals surface area contributed by atoms with Crippen LogP contribution in [0.4, 0.5) is 5.69 Å². The number of hydrogen-bond donors (Lipinski definition) is 2. The monoisotopic (exact) mass is 326 g/mol. The highest BCUT2D eigenvalue weighted by Gasteiger charge is 2.18. The van der Waals surface area contributed by atoms with Crippen LogP contribution < -0.4 is 10.6 Å². The van der Waals surface area contributed by atoms with Gasteiger partial charge in [-0.25, -0.2) is 0 Å². The highest BCUT2D eigenvalue weighted by Crippen LogP contribution is 2.27. The number of benzene rings is 1. The van der Waals surface area contributed by atoms with Crippen molar-refractivity contribution in [3.8, 4) is 0 Å². The number of amides is 2. The lowest BCUT2D eigenvalue weighted by molar-refractivity contribution is -0.117. The van der Waals surface area contributed by atoms with E-state index in [0.717, 1.165) is 18.5 Å². The van der Waals surface area contributed by atoms with Gasteiger partial charge < -0.3 is 15.1 Å². The van der Waals surface area contributed by atoms with E-state index in [1.54, 1.807) is 36.6 Å². The lowest BCUT2D eigenvalue weighted by Gasteiger charge is -2.10.